The zero-order valence-corrected chi connectivity index (χ0v) is 18.2. The third-order valence-electron chi connectivity index (χ3n) is 4.25. The third kappa shape index (κ3) is 5.20. The summed E-state index contributed by atoms with van der Waals surface area (Å²) in [5.41, 5.74) is -0.515. The number of nitrogens with one attached hydrogen (secondary N) is 1. The van der Waals surface area contributed by atoms with Gasteiger partial charge >= 0.3 is 0 Å². The maximum absolute atomic E-state index is 12.5. The van der Waals surface area contributed by atoms with Crippen LogP contribution in [0.15, 0.2) is 52.3 Å². The van der Waals surface area contributed by atoms with Crippen molar-refractivity contribution in [1.82, 2.24) is 4.31 Å². The van der Waals surface area contributed by atoms with Gasteiger partial charge in [-0.1, -0.05) is 13.8 Å². The zero-order chi connectivity index (χ0) is 22.7. The van der Waals surface area contributed by atoms with Crippen LogP contribution in [-0.4, -0.2) is 51.3 Å². The number of benzene rings is 2. The van der Waals surface area contributed by atoms with Crippen molar-refractivity contribution in [2.24, 2.45) is 0 Å². The van der Waals surface area contributed by atoms with Crippen molar-refractivity contribution >= 4 is 37.1 Å². The number of amides is 1. The predicted octanol–water partition coefficient (Wildman–Crippen LogP) is 2.28. The van der Waals surface area contributed by atoms with Crippen molar-refractivity contribution in [3.8, 4) is 0 Å². The van der Waals surface area contributed by atoms with Gasteiger partial charge in [-0.25, -0.2) is 16.8 Å². The molecule has 0 heterocycles. The first-order valence-corrected chi connectivity index (χ1v) is 12.1. The highest BCUT2D eigenvalue weighted by Gasteiger charge is 2.22. The largest absolute Gasteiger partial charge is 0.322 e. The van der Waals surface area contributed by atoms with Crippen molar-refractivity contribution in [2.75, 3.05) is 24.7 Å². The maximum Gasteiger partial charge on any atom is 0.271 e. The van der Waals surface area contributed by atoms with Crippen LogP contribution in [0.2, 0.25) is 0 Å². The summed E-state index contributed by atoms with van der Waals surface area (Å²) in [5.74, 6) is -0.775. The molecule has 2 aromatic carbocycles. The number of sulfonamides is 1. The van der Waals surface area contributed by atoms with Gasteiger partial charge in [-0.05, 0) is 30.3 Å². The molecule has 0 aromatic heterocycles. The number of nitro groups is 1. The summed E-state index contributed by atoms with van der Waals surface area (Å²) in [6, 6.07) is 8.29. The molecule has 0 bridgehead atoms. The van der Waals surface area contributed by atoms with Gasteiger partial charge < -0.3 is 5.32 Å². The molecular weight excluding hydrogens is 434 g/mol. The molecule has 0 aliphatic carbocycles. The van der Waals surface area contributed by atoms with Crippen molar-refractivity contribution in [3.05, 3.63) is 58.1 Å². The van der Waals surface area contributed by atoms with Crippen LogP contribution in [0.4, 0.5) is 11.4 Å². The molecule has 10 nitrogen and oxygen atoms in total. The smallest absolute Gasteiger partial charge is 0.271 e. The van der Waals surface area contributed by atoms with Gasteiger partial charge in [-0.15, -0.1) is 0 Å². The molecule has 2 rings (SSSR count). The van der Waals surface area contributed by atoms with Gasteiger partial charge in [0.15, 0.2) is 9.84 Å². The molecule has 1 N–H and O–H groups in total. The lowest BCUT2D eigenvalue weighted by atomic mass is 10.2. The van der Waals surface area contributed by atoms with Crippen LogP contribution >= 0.6 is 0 Å². The van der Waals surface area contributed by atoms with Gasteiger partial charge in [0, 0.05) is 42.7 Å². The third-order valence-corrected chi connectivity index (χ3v) is 7.40. The van der Waals surface area contributed by atoms with Crippen molar-refractivity contribution < 1.29 is 26.6 Å². The molecule has 0 aliphatic heterocycles. The van der Waals surface area contributed by atoms with Crippen molar-refractivity contribution in [2.45, 2.75) is 23.6 Å². The van der Waals surface area contributed by atoms with E-state index in [1.54, 1.807) is 13.8 Å². The number of hydrogen-bond acceptors (Lipinski definition) is 7. The monoisotopic (exact) mass is 455 g/mol. The van der Waals surface area contributed by atoms with E-state index in [0.717, 1.165) is 24.5 Å². The van der Waals surface area contributed by atoms with E-state index < -0.39 is 36.4 Å². The fraction of sp³-hybridized carbons (Fsp3) is 0.278. The highest BCUT2D eigenvalue weighted by Crippen LogP contribution is 2.23. The Labute approximate surface area is 174 Å². The molecule has 0 atom stereocenters. The summed E-state index contributed by atoms with van der Waals surface area (Å²) in [5, 5.41) is 13.5. The standard InChI is InChI=1S/C18H21N3O7S2/c1-4-20(5-2)30(27,28)16-8-6-14(7-9-16)19-18(22)13-10-15(21(23)24)12-17(11-13)29(3,25)26/h6-12H,4-5H2,1-3H3,(H,19,22). The van der Waals surface area contributed by atoms with Crippen LogP contribution in [0, 0.1) is 10.1 Å². The van der Waals surface area contributed by atoms with Crippen LogP contribution in [0.1, 0.15) is 24.2 Å². The molecular formula is C18H21N3O7S2. The SMILES string of the molecule is CCN(CC)S(=O)(=O)c1ccc(NC(=O)c2cc([N+](=O)[O-])cc(S(C)(=O)=O)c2)cc1. The quantitative estimate of drug-likeness (QED) is 0.475. The fourth-order valence-electron chi connectivity index (χ4n) is 2.66. The first-order chi connectivity index (χ1) is 13.9. The number of non-ortho nitro benzene ring substituents is 1. The highest BCUT2D eigenvalue weighted by atomic mass is 32.2. The van der Waals surface area contributed by atoms with E-state index in [1.807, 2.05) is 0 Å². The van der Waals surface area contributed by atoms with Crippen molar-refractivity contribution in [3.63, 3.8) is 0 Å². The Kier molecular flexibility index (Phi) is 6.95. The van der Waals surface area contributed by atoms with Crippen LogP contribution < -0.4 is 5.32 Å². The molecule has 0 fully saturated rings. The first-order valence-electron chi connectivity index (χ1n) is 8.81. The summed E-state index contributed by atoms with van der Waals surface area (Å²) < 4.78 is 49.8. The van der Waals surface area contributed by atoms with E-state index in [1.165, 1.54) is 28.6 Å². The summed E-state index contributed by atoms with van der Waals surface area (Å²) in [7, 11) is -7.44. The second kappa shape index (κ2) is 8.90. The number of nitrogens with zero attached hydrogens (tertiary/aromatic N) is 2. The molecule has 0 unspecified atom stereocenters. The minimum absolute atomic E-state index is 0.0545. The molecule has 0 saturated carbocycles. The van der Waals surface area contributed by atoms with Crippen LogP contribution in [-0.2, 0) is 19.9 Å². The number of rotatable bonds is 8. The lowest BCUT2D eigenvalue weighted by Gasteiger charge is -2.18. The van der Waals surface area contributed by atoms with Gasteiger partial charge in [-0.2, -0.15) is 4.31 Å². The number of sulfone groups is 1. The molecule has 0 radical (unpaired) electrons. The topological polar surface area (TPSA) is 144 Å². The number of hydrogen-bond donors (Lipinski definition) is 1. The Morgan fingerprint density at radius 2 is 1.57 bits per heavy atom. The molecule has 2 aromatic rings. The number of carbonyl (C=O) groups is 1. The first kappa shape index (κ1) is 23.4. The molecule has 1 amide bonds. The minimum Gasteiger partial charge on any atom is -0.322 e. The lowest BCUT2D eigenvalue weighted by molar-refractivity contribution is -0.385. The predicted molar refractivity (Wildman–Crippen MR) is 111 cm³/mol. The second-order valence-electron chi connectivity index (χ2n) is 6.31. The van der Waals surface area contributed by atoms with Gasteiger partial charge in [-0.3, -0.25) is 14.9 Å². The minimum atomic E-state index is -3.78. The van der Waals surface area contributed by atoms with Crippen LogP contribution in [0.3, 0.4) is 0 Å². The molecule has 0 aliphatic rings. The molecule has 0 saturated heterocycles. The van der Waals surface area contributed by atoms with Gasteiger partial charge in [0.25, 0.3) is 11.6 Å². The Bertz CT molecular complexity index is 1170. The van der Waals surface area contributed by atoms with Crippen LogP contribution in [0.25, 0.3) is 0 Å². The summed E-state index contributed by atoms with van der Waals surface area (Å²) in [6.07, 6.45) is 0.878. The fourth-order valence-corrected chi connectivity index (χ4v) is 4.79. The summed E-state index contributed by atoms with van der Waals surface area (Å²) >= 11 is 0. The van der Waals surface area contributed by atoms with Gasteiger partial charge in [0.05, 0.1) is 14.7 Å². The summed E-state index contributed by atoms with van der Waals surface area (Å²) in [4.78, 5) is 22.5. The van der Waals surface area contributed by atoms with Gasteiger partial charge in [0.1, 0.15) is 0 Å². The number of carbonyl (C=O) groups excluding carboxylic acids is 1. The maximum atomic E-state index is 12.5. The average Bonchev–Trinajstić information content (AvgIpc) is 2.68. The van der Waals surface area contributed by atoms with E-state index in [0.29, 0.717) is 13.1 Å². The zero-order valence-electron chi connectivity index (χ0n) is 16.5. The Balaban J connectivity index is 2.33. The average molecular weight is 456 g/mol. The normalized spacial score (nSPS) is 12.0. The van der Waals surface area contributed by atoms with E-state index in [2.05, 4.69) is 5.32 Å². The number of nitro benzene ring substituents is 1. The molecule has 12 heteroatoms. The van der Waals surface area contributed by atoms with E-state index in [4.69, 9.17) is 0 Å². The van der Waals surface area contributed by atoms with E-state index in [-0.39, 0.29) is 21.0 Å². The Hall–Kier alpha value is -2.83. The number of anilines is 1. The molecule has 30 heavy (non-hydrogen) atoms. The Morgan fingerprint density at radius 3 is 2.03 bits per heavy atom. The van der Waals surface area contributed by atoms with Gasteiger partial charge in [0.2, 0.25) is 10.0 Å². The van der Waals surface area contributed by atoms with Crippen LogP contribution in [0.5, 0.6) is 0 Å². The van der Waals surface area contributed by atoms with E-state index >= 15 is 0 Å². The van der Waals surface area contributed by atoms with E-state index in [9.17, 15) is 31.7 Å². The molecule has 0 spiro atoms. The summed E-state index contributed by atoms with van der Waals surface area (Å²) in [6.45, 7) is 4.07. The molecule has 162 valence electrons. The Morgan fingerprint density at radius 1 is 1.00 bits per heavy atom. The second-order valence-corrected chi connectivity index (χ2v) is 10.3. The lowest BCUT2D eigenvalue weighted by Crippen LogP contribution is -2.30. The highest BCUT2D eigenvalue weighted by molar-refractivity contribution is 7.90. The van der Waals surface area contributed by atoms with Crippen molar-refractivity contribution in [1.29, 1.82) is 0 Å².